The first-order valence-corrected chi connectivity index (χ1v) is 11.6. The van der Waals surface area contributed by atoms with Gasteiger partial charge in [0, 0.05) is 43.1 Å². The van der Waals surface area contributed by atoms with Crippen LogP contribution in [0.2, 0.25) is 0 Å². The number of carbonyl (C=O) groups is 1. The normalized spacial score (nSPS) is 20.6. The molecule has 30 heavy (non-hydrogen) atoms. The predicted octanol–water partition coefficient (Wildman–Crippen LogP) is 3.09. The average molecular weight is 429 g/mol. The minimum Gasteiger partial charge on any atom is -0.454 e. The lowest BCUT2D eigenvalue weighted by Crippen LogP contribution is -2.51. The van der Waals surface area contributed by atoms with E-state index in [1.807, 2.05) is 17.9 Å². The molecule has 0 saturated carbocycles. The highest BCUT2D eigenvalue weighted by Crippen LogP contribution is 2.40. The lowest BCUT2D eigenvalue weighted by Gasteiger charge is -2.39. The van der Waals surface area contributed by atoms with Gasteiger partial charge >= 0.3 is 0 Å². The second kappa shape index (κ2) is 8.21. The van der Waals surface area contributed by atoms with Gasteiger partial charge in [0.15, 0.2) is 11.5 Å². The third-order valence-corrected chi connectivity index (χ3v) is 7.69. The molecule has 0 bridgehead atoms. The molecule has 1 atom stereocenters. The molecule has 1 aromatic heterocycles. The van der Waals surface area contributed by atoms with Crippen LogP contribution in [0.5, 0.6) is 11.5 Å². The molecule has 6 nitrogen and oxygen atoms in total. The van der Waals surface area contributed by atoms with E-state index in [9.17, 15) is 4.79 Å². The standard InChI is InChI=1S/C23H28N2O4S/c1-16(22(26)25-8-4-21-17(13-25)5-11-30-21)24-14-23(6-9-27-10-7-23)18-2-3-19-20(12-18)29-15-28-19/h2-3,5,11-12,16,24H,4,6-10,13-15H2,1H3. The number of hydrogen-bond donors (Lipinski definition) is 1. The number of rotatable bonds is 5. The molecular formula is C23H28N2O4S. The summed E-state index contributed by atoms with van der Waals surface area (Å²) in [5.74, 6) is 1.79. The van der Waals surface area contributed by atoms with Crippen LogP contribution in [0.4, 0.5) is 0 Å². The van der Waals surface area contributed by atoms with Gasteiger partial charge in [-0.25, -0.2) is 0 Å². The molecule has 0 radical (unpaired) electrons. The summed E-state index contributed by atoms with van der Waals surface area (Å²) in [4.78, 5) is 16.5. The molecule has 7 heteroatoms. The van der Waals surface area contributed by atoms with Crippen molar-refractivity contribution >= 4 is 17.2 Å². The molecule has 3 aliphatic heterocycles. The van der Waals surface area contributed by atoms with Crippen molar-refractivity contribution in [3.8, 4) is 11.5 Å². The summed E-state index contributed by atoms with van der Waals surface area (Å²) in [6.45, 7) is 5.99. The quantitative estimate of drug-likeness (QED) is 0.793. The first kappa shape index (κ1) is 19.8. The molecule has 3 aliphatic rings. The van der Waals surface area contributed by atoms with Gasteiger partial charge in [-0.3, -0.25) is 4.79 Å². The molecule has 1 N–H and O–H groups in total. The van der Waals surface area contributed by atoms with Crippen LogP contribution in [0.15, 0.2) is 29.6 Å². The van der Waals surface area contributed by atoms with Crippen LogP contribution in [0.1, 0.15) is 35.8 Å². The van der Waals surface area contributed by atoms with Gasteiger partial charge in [-0.15, -0.1) is 11.3 Å². The third-order valence-electron chi connectivity index (χ3n) is 6.67. The zero-order valence-corrected chi connectivity index (χ0v) is 18.1. The van der Waals surface area contributed by atoms with E-state index in [0.29, 0.717) is 0 Å². The first-order chi connectivity index (χ1) is 14.6. The third kappa shape index (κ3) is 3.70. The molecular weight excluding hydrogens is 400 g/mol. The van der Waals surface area contributed by atoms with Crippen molar-refractivity contribution in [2.24, 2.45) is 0 Å². The van der Waals surface area contributed by atoms with E-state index >= 15 is 0 Å². The van der Waals surface area contributed by atoms with E-state index in [2.05, 4.69) is 28.9 Å². The number of amides is 1. The van der Waals surface area contributed by atoms with Crippen molar-refractivity contribution in [3.05, 3.63) is 45.6 Å². The highest BCUT2D eigenvalue weighted by Gasteiger charge is 2.36. The van der Waals surface area contributed by atoms with Crippen molar-refractivity contribution in [3.63, 3.8) is 0 Å². The monoisotopic (exact) mass is 428 g/mol. The number of fused-ring (bicyclic) bond motifs is 2. The Bertz CT molecular complexity index is 922. The topological polar surface area (TPSA) is 60.0 Å². The van der Waals surface area contributed by atoms with E-state index in [0.717, 1.165) is 63.6 Å². The van der Waals surface area contributed by atoms with Crippen molar-refractivity contribution in [2.75, 3.05) is 33.1 Å². The molecule has 1 aromatic carbocycles. The Kier molecular flexibility index (Phi) is 5.43. The molecule has 5 rings (SSSR count). The van der Waals surface area contributed by atoms with Gasteiger partial charge < -0.3 is 24.4 Å². The van der Waals surface area contributed by atoms with Gasteiger partial charge in [-0.05, 0) is 60.9 Å². The van der Waals surface area contributed by atoms with E-state index < -0.39 is 0 Å². The Hall–Kier alpha value is -2.09. The van der Waals surface area contributed by atoms with Crippen LogP contribution in [0.3, 0.4) is 0 Å². The zero-order chi connectivity index (χ0) is 20.6. The number of thiophene rings is 1. The van der Waals surface area contributed by atoms with Crippen LogP contribution in [0.25, 0.3) is 0 Å². The molecule has 2 aromatic rings. The van der Waals surface area contributed by atoms with Crippen LogP contribution in [-0.2, 0) is 27.9 Å². The fraction of sp³-hybridized carbons (Fsp3) is 0.522. The molecule has 160 valence electrons. The molecule has 1 amide bonds. The van der Waals surface area contributed by atoms with Crippen LogP contribution in [0, 0.1) is 0 Å². The number of ether oxygens (including phenoxy) is 3. The van der Waals surface area contributed by atoms with Crippen LogP contribution < -0.4 is 14.8 Å². The predicted molar refractivity (Wildman–Crippen MR) is 115 cm³/mol. The maximum absolute atomic E-state index is 13.1. The minimum absolute atomic E-state index is 0.0732. The lowest BCUT2D eigenvalue weighted by molar-refractivity contribution is -0.134. The van der Waals surface area contributed by atoms with E-state index in [1.165, 1.54) is 16.0 Å². The fourth-order valence-electron chi connectivity index (χ4n) is 4.70. The number of nitrogens with zero attached hydrogens (tertiary/aromatic N) is 1. The summed E-state index contributed by atoms with van der Waals surface area (Å²) < 4.78 is 16.7. The van der Waals surface area contributed by atoms with Gasteiger partial charge in [-0.2, -0.15) is 0 Å². The SMILES string of the molecule is CC(NCC1(c2ccc3c(c2)OCO3)CCOCC1)C(=O)N1CCc2sccc2C1. The maximum atomic E-state index is 13.1. The smallest absolute Gasteiger partial charge is 0.239 e. The molecule has 4 heterocycles. The van der Waals surface area contributed by atoms with Gasteiger partial charge in [0.2, 0.25) is 12.7 Å². The Morgan fingerprint density at radius 2 is 2.07 bits per heavy atom. The molecule has 1 unspecified atom stereocenters. The fourth-order valence-corrected chi connectivity index (χ4v) is 5.59. The molecule has 1 fully saturated rings. The first-order valence-electron chi connectivity index (χ1n) is 10.7. The molecule has 0 spiro atoms. The largest absolute Gasteiger partial charge is 0.454 e. The number of carbonyl (C=O) groups excluding carboxylic acids is 1. The van der Waals surface area contributed by atoms with Gasteiger partial charge in [0.05, 0.1) is 6.04 Å². The average Bonchev–Trinajstić information content (AvgIpc) is 3.45. The highest BCUT2D eigenvalue weighted by atomic mass is 32.1. The van der Waals surface area contributed by atoms with Gasteiger partial charge in [0.25, 0.3) is 0 Å². The van der Waals surface area contributed by atoms with Crippen molar-refractivity contribution in [1.29, 1.82) is 0 Å². The van der Waals surface area contributed by atoms with Gasteiger partial charge in [0.1, 0.15) is 0 Å². The second-order valence-electron chi connectivity index (χ2n) is 8.44. The molecule has 0 aliphatic carbocycles. The number of nitrogens with one attached hydrogen (secondary N) is 1. The highest BCUT2D eigenvalue weighted by molar-refractivity contribution is 7.10. The Balaban J connectivity index is 1.28. The summed E-state index contributed by atoms with van der Waals surface area (Å²) in [6, 6.07) is 8.16. The summed E-state index contributed by atoms with van der Waals surface area (Å²) in [6.07, 6.45) is 2.80. The lowest BCUT2D eigenvalue weighted by atomic mass is 9.74. The van der Waals surface area contributed by atoms with E-state index in [1.54, 1.807) is 11.3 Å². The van der Waals surface area contributed by atoms with Crippen molar-refractivity contribution in [2.45, 2.75) is 44.2 Å². The van der Waals surface area contributed by atoms with Crippen LogP contribution >= 0.6 is 11.3 Å². The van der Waals surface area contributed by atoms with E-state index in [-0.39, 0.29) is 24.2 Å². The Labute approximate surface area is 181 Å². The Morgan fingerprint density at radius 1 is 1.23 bits per heavy atom. The zero-order valence-electron chi connectivity index (χ0n) is 17.3. The summed E-state index contributed by atoms with van der Waals surface area (Å²) >= 11 is 1.80. The van der Waals surface area contributed by atoms with Crippen molar-refractivity contribution in [1.82, 2.24) is 10.2 Å². The number of benzene rings is 1. The Morgan fingerprint density at radius 3 is 2.93 bits per heavy atom. The molecule has 1 saturated heterocycles. The maximum Gasteiger partial charge on any atom is 0.239 e. The van der Waals surface area contributed by atoms with E-state index in [4.69, 9.17) is 14.2 Å². The van der Waals surface area contributed by atoms with Gasteiger partial charge in [-0.1, -0.05) is 6.07 Å². The number of hydrogen-bond acceptors (Lipinski definition) is 6. The summed E-state index contributed by atoms with van der Waals surface area (Å²) in [5.41, 5.74) is 2.45. The van der Waals surface area contributed by atoms with Crippen LogP contribution in [-0.4, -0.2) is 49.9 Å². The summed E-state index contributed by atoms with van der Waals surface area (Å²) in [7, 11) is 0. The second-order valence-corrected chi connectivity index (χ2v) is 9.44. The minimum atomic E-state index is -0.223. The summed E-state index contributed by atoms with van der Waals surface area (Å²) in [5, 5.41) is 5.68. The van der Waals surface area contributed by atoms with Crippen molar-refractivity contribution < 1.29 is 19.0 Å².